The number of phenolic OH excluding ortho intramolecular Hbond substituents is 1. The minimum absolute atomic E-state index is 0.0242. The molecule has 2 N–H and O–H groups in total. The molecule has 25 heavy (non-hydrogen) atoms. The zero-order chi connectivity index (χ0) is 18.3. The fourth-order valence-corrected chi connectivity index (χ4v) is 2.13. The van der Waals surface area contributed by atoms with E-state index in [1.54, 1.807) is 6.07 Å². The normalized spacial score (nSPS) is 10.5. The Morgan fingerprint density at radius 1 is 1.16 bits per heavy atom. The number of aromatic hydroxyl groups is 1. The lowest BCUT2D eigenvalue weighted by Gasteiger charge is -2.19. The number of nitrogens with one attached hydrogen (secondary N) is 1. The van der Waals surface area contributed by atoms with Crippen LogP contribution in [0.1, 0.15) is 37.5 Å². The minimum Gasteiger partial charge on any atom is -0.507 e. The molecule has 0 saturated heterocycles. The van der Waals surface area contributed by atoms with Gasteiger partial charge in [0.2, 0.25) is 0 Å². The molecule has 0 saturated carbocycles. The van der Waals surface area contributed by atoms with Gasteiger partial charge in [0.1, 0.15) is 12.4 Å². The summed E-state index contributed by atoms with van der Waals surface area (Å²) in [7, 11) is 0. The maximum atomic E-state index is 11.6. The summed E-state index contributed by atoms with van der Waals surface area (Å²) in [5.74, 6) is 5.84. The van der Waals surface area contributed by atoms with E-state index in [0.717, 1.165) is 11.1 Å². The number of hydrogen-bond acceptors (Lipinski definition) is 3. The largest absolute Gasteiger partial charge is 0.507 e. The molecule has 0 heterocycles. The monoisotopic (exact) mass is 337 g/mol. The number of benzene rings is 2. The van der Waals surface area contributed by atoms with Gasteiger partial charge in [-0.3, -0.25) is 0 Å². The Labute approximate surface area is 148 Å². The lowest BCUT2D eigenvalue weighted by atomic mass is 9.86. The number of amides is 1. The first-order valence-corrected chi connectivity index (χ1v) is 8.13. The molecular weight excluding hydrogens is 314 g/mol. The van der Waals surface area contributed by atoms with Gasteiger partial charge in [-0.15, -0.1) is 0 Å². The van der Waals surface area contributed by atoms with Crippen molar-refractivity contribution in [2.45, 2.75) is 32.8 Å². The highest BCUT2D eigenvalue weighted by molar-refractivity contribution is 5.67. The van der Waals surface area contributed by atoms with Crippen LogP contribution in [0.15, 0.2) is 48.5 Å². The van der Waals surface area contributed by atoms with Crippen molar-refractivity contribution in [2.75, 3.05) is 6.54 Å². The molecule has 0 atom stereocenters. The summed E-state index contributed by atoms with van der Waals surface area (Å²) in [6.45, 7) is 6.66. The van der Waals surface area contributed by atoms with E-state index < -0.39 is 6.09 Å². The van der Waals surface area contributed by atoms with E-state index in [9.17, 15) is 9.90 Å². The van der Waals surface area contributed by atoms with Crippen molar-refractivity contribution in [3.8, 4) is 17.6 Å². The zero-order valence-electron chi connectivity index (χ0n) is 14.8. The summed E-state index contributed by atoms with van der Waals surface area (Å²) in [6, 6.07) is 14.9. The van der Waals surface area contributed by atoms with Crippen molar-refractivity contribution in [3.63, 3.8) is 0 Å². The van der Waals surface area contributed by atoms with Crippen molar-refractivity contribution in [1.82, 2.24) is 5.32 Å². The number of hydrogen-bond donors (Lipinski definition) is 2. The molecule has 2 aromatic rings. The van der Waals surface area contributed by atoms with Gasteiger partial charge < -0.3 is 15.2 Å². The fraction of sp³-hybridized carbons (Fsp3) is 0.286. The number of carbonyl (C=O) groups is 1. The summed E-state index contributed by atoms with van der Waals surface area (Å²) >= 11 is 0. The molecule has 0 aliphatic heterocycles. The third-order valence-corrected chi connectivity index (χ3v) is 3.62. The molecule has 0 radical (unpaired) electrons. The molecule has 0 aliphatic carbocycles. The zero-order valence-corrected chi connectivity index (χ0v) is 14.8. The van der Waals surface area contributed by atoms with Gasteiger partial charge in [-0.05, 0) is 28.7 Å². The van der Waals surface area contributed by atoms with Crippen molar-refractivity contribution in [1.29, 1.82) is 0 Å². The van der Waals surface area contributed by atoms with Crippen LogP contribution in [0.3, 0.4) is 0 Å². The molecule has 4 heteroatoms. The highest BCUT2D eigenvalue weighted by atomic mass is 16.5. The maximum Gasteiger partial charge on any atom is 0.408 e. The van der Waals surface area contributed by atoms with Gasteiger partial charge in [0, 0.05) is 0 Å². The van der Waals surface area contributed by atoms with E-state index >= 15 is 0 Å². The summed E-state index contributed by atoms with van der Waals surface area (Å²) in [5, 5.41) is 12.5. The van der Waals surface area contributed by atoms with Gasteiger partial charge in [0.25, 0.3) is 0 Å². The molecule has 130 valence electrons. The Morgan fingerprint density at radius 2 is 1.88 bits per heavy atom. The average molecular weight is 337 g/mol. The third-order valence-electron chi connectivity index (χ3n) is 3.62. The maximum absolute atomic E-state index is 11.6. The van der Waals surface area contributed by atoms with Crippen LogP contribution in [0.5, 0.6) is 5.75 Å². The van der Waals surface area contributed by atoms with Crippen LogP contribution in [0.25, 0.3) is 0 Å². The van der Waals surface area contributed by atoms with E-state index in [1.807, 2.05) is 42.5 Å². The van der Waals surface area contributed by atoms with Crippen LogP contribution in [0.2, 0.25) is 0 Å². The van der Waals surface area contributed by atoms with Crippen LogP contribution in [0.4, 0.5) is 4.79 Å². The summed E-state index contributed by atoms with van der Waals surface area (Å²) in [4.78, 5) is 11.6. The van der Waals surface area contributed by atoms with Crippen molar-refractivity contribution >= 4 is 6.09 Å². The molecule has 1 amide bonds. The molecule has 0 bridgehead atoms. The second-order valence-electron chi connectivity index (χ2n) is 6.70. The molecule has 0 spiro atoms. The second-order valence-corrected chi connectivity index (χ2v) is 6.70. The SMILES string of the molecule is CC(C)(C)c1ccc(O)c(C#CCNC(=O)OCc2ccccc2)c1. The standard InChI is InChI=1S/C21H23NO3/c1-21(2,3)18-11-12-19(23)17(14-18)10-7-13-22-20(24)25-15-16-8-5-4-6-9-16/h4-6,8-9,11-12,14,23H,13,15H2,1-3H3,(H,22,24). The van der Waals surface area contributed by atoms with Gasteiger partial charge in [0.05, 0.1) is 12.1 Å². The predicted octanol–water partition coefficient (Wildman–Crippen LogP) is 3.97. The highest BCUT2D eigenvalue weighted by Gasteiger charge is 2.14. The van der Waals surface area contributed by atoms with Crippen LogP contribution in [-0.2, 0) is 16.8 Å². The topological polar surface area (TPSA) is 58.6 Å². The van der Waals surface area contributed by atoms with Gasteiger partial charge in [-0.25, -0.2) is 4.79 Å². The van der Waals surface area contributed by atoms with Gasteiger partial charge in [-0.1, -0.05) is 69.0 Å². The molecular formula is C21H23NO3. The Bertz CT molecular complexity index is 780. The van der Waals surface area contributed by atoms with Crippen molar-refractivity contribution in [2.24, 2.45) is 0 Å². The van der Waals surface area contributed by atoms with Crippen LogP contribution in [0, 0.1) is 11.8 Å². The summed E-state index contributed by atoms with van der Waals surface area (Å²) < 4.78 is 5.10. The Kier molecular flexibility index (Phi) is 6.08. The van der Waals surface area contributed by atoms with E-state index in [4.69, 9.17) is 4.74 Å². The third kappa shape index (κ3) is 5.89. The number of alkyl carbamates (subject to hydrolysis) is 1. The van der Waals surface area contributed by atoms with Crippen molar-refractivity contribution < 1.29 is 14.6 Å². The quantitative estimate of drug-likeness (QED) is 0.833. The lowest BCUT2D eigenvalue weighted by molar-refractivity contribution is 0.141. The van der Waals surface area contributed by atoms with Crippen molar-refractivity contribution in [3.05, 3.63) is 65.2 Å². The van der Waals surface area contributed by atoms with E-state index in [0.29, 0.717) is 5.56 Å². The molecule has 2 aromatic carbocycles. The first-order valence-electron chi connectivity index (χ1n) is 8.13. The molecule has 4 nitrogen and oxygen atoms in total. The lowest BCUT2D eigenvalue weighted by Crippen LogP contribution is -2.24. The van der Waals surface area contributed by atoms with Gasteiger partial charge in [0.15, 0.2) is 0 Å². The van der Waals surface area contributed by atoms with Crippen LogP contribution < -0.4 is 5.32 Å². The Hall–Kier alpha value is -2.93. The van der Waals surface area contributed by atoms with E-state index in [2.05, 4.69) is 37.9 Å². The van der Waals surface area contributed by atoms with E-state index in [1.165, 1.54) is 0 Å². The summed E-state index contributed by atoms with van der Waals surface area (Å²) in [5.41, 5.74) is 2.54. The Balaban J connectivity index is 1.87. The smallest absolute Gasteiger partial charge is 0.408 e. The van der Waals surface area contributed by atoms with Crippen LogP contribution in [-0.4, -0.2) is 17.7 Å². The van der Waals surface area contributed by atoms with E-state index in [-0.39, 0.29) is 24.3 Å². The molecule has 0 aliphatic rings. The first kappa shape index (κ1) is 18.4. The van der Waals surface area contributed by atoms with Gasteiger partial charge >= 0.3 is 6.09 Å². The second kappa shape index (κ2) is 8.25. The number of phenols is 1. The number of carbonyl (C=O) groups excluding carboxylic acids is 1. The fourth-order valence-electron chi connectivity index (χ4n) is 2.13. The first-order chi connectivity index (χ1) is 11.9. The molecule has 0 fully saturated rings. The molecule has 0 aromatic heterocycles. The molecule has 2 rings (SSSR count). The number of rotatable bonds is 3. The molecule has 0 unspecified atom stereocenters. The Morgan fingerprint density at radius 3 is 2.56 bits per heavy atom. The predicted molar refractivity (Wildman–Crippen MR) is 98.3 cm³/mol. The average Bonchev–Trinajstić information content (AvgIpc) is 2.58. The highest BCUT2D eigenvalue weighted by Crippen LogP contribution is 2.26. The van der Waals surface area contributed by atoms with Gasteiger partial charge in [-0.2, -0.15) is 0 Å². The minimum atomic E-state index is -0.522. The summed E-state index contributed by atoms with van der Waals surface area (Å²) in [6.07, 6.45) is -0.522. The number of ether oxygens (including phenoxy) is 1. The van der Waals surface area contributed by atoms with Crippen LogP contribution >= 0.6 is 0 Å².